The minimum Gasteiger partial charge on any atom is -0.480 e. The summed E-state index contributed by atoms with van der Waals surface area (Å²) in [6.07, 6.45) is 1.46. The van der Waals surface area contributed by atoms with Gasteiger partial charge in [-0.05, 0) is 18.8 Å². The van der Waals surface area contributed by atoms with E-state index in [2.05, 4.69) is 15.0 Å². The number of aliphatic carboxylic acids is 1. The standard InChI is InChI=1S/C13H18N6O5/c14-12-17-9-8(10(21)18-12)16-4-19(9)5-24-7(3-20)1-6-2-13(6,15)11(22)23/h4,6-7,20H,1-3,5,15H2,(H,22,23)(H3,14,17,18,21). The third-order valence-corrected chi connectivity index (χ3v) is 4.24. The molecule has 0 amide bonds. The van der Waals surface area contributed by atoms with Crippen LogP contribution in [0.1, 0.15) is 12.8 Å². The molecule has 11 heteroatoms. The Labute approximate surface area is 135 Å². The first kappa shape index (κ1) is 16.4. The number of aromatic amines is 1. The van der Waals surface area contributed by atoms with Gasteiger partial charge in [0.05, 0.1) is 19.0 Å². The number of carboxylic acids is 1. The van der Waals surface area contributed by atoms with Gasteiger partial charge >= 0.3 is 5.97 Å². The molecule has 3 rings (SSSR count). The molecule has 11 nitrogen and oxygen atoms in total. The van der Waals surface area contributed by atoms with Crippen molar-refractivity contribution in [3.05, 3.63) is 16.7 Å². The minimum atomic E-state index is -1.23. The molecule has 130 valence electrons. The number of rotatable bonds is 7. The summed E-state index contributed by atoms with van der Waals surface area (Å²) < 4.78 is 7.05. The Morgan fingerprint density at radius 3 is 3.00 bits per heavy atom. The predicted octanol–water partition coefficient (Wildman–Crippen LogP) is -1.77. The molecule has 1 aliphatic rings. The zero-order valence-corrected chi connectivity index (χ0v) is 12.7. The lowest BCUT2D eigenvalue weighted by molar-refractivity contribution is -0.140. The number of ether oxygens (including phenoxy) is 1. The molecular weight excluding hydrogens is 320 g/mol. The van der Waals surface area contributed by atoms with Crippen LogP contribution in [0.4, 0.5) is 5.95 Å². The van der Waals surface area contributed by atoms with Crippen LogP contribution in [-0.2, 0) is 16.3 Å². The van der Waals surface area contributed by atoms with Gasteiger partial charge < -0.3 is 26.4 Å². The Morgan fingerprint density at radius 2 is 2.38 bits per heavy atom. The summed E-state index contributed by atoms with van der Waals surface area (Å²) in [6, 6.07) is 0. The van der Waals surface area contributed by atoms with Gasteiger partial charge in [-0.3, -0.25) is 19.1 Å². The molecule has 1 aliphatic carbocycles. The first-order valence-electron chi connectivity index (χ1n) is 7.30. The molecule has 0 saturated heterocycles. The highest BCUT2D eigenvalue weighted by Crippen LogP contribution is 2.44. The van der Waals surface area contributed by atoms with Crippen molar-refractivity contribution in [2.24, 2.45) is 11.7 Å². The lowest BCUT2D eigenvalue weighted by Gasteiger charge is -2.16. The third-order valence-electron chi connectivity index (χ3n) is 4.24. The van der Waals surface area contributed by atoms with Crippen LogP contribution in [0, 0.1) is 5.92 Å². The summed E-state index contributed by atoms with van der Waals surface area (Å²) in [5.41, 5.74) is 9.93. The summed E-state index contributed by atoms with van der Waals surface area (Å²) in [7, 11) is 0. The number of aliphatic hydroxyl groups excluding tert-OH is 1. The number of aliphatic hydroxyl groups is 1. The average Bonchev–Trinajstić information content (AvgIpc) is 3.00. The second-order valence-corrected chi connectivity index (χ2v) is 5.92. The van der Waals surface area contributed by atoms with Gasteiger partial charge in [-0.15, -0.1) is 0 Å². The van der Waals surface area contributed by atoms with Gasteiger partial charge in [-0.2, -0.15) is 4.98 Å². The molecule has 3 unspecified atom stereocenters. The van der Waals surface area contributed by atoms with E-state index in [4.69, 9.17) is 21.3 Å². The van der Waals surface area contributed by atoms with Crippen molar-refractivity contribution in [3.8, 4) is 0 Å². The highest BCUT2D eigenvalue weighted by atomic mass is 16.5. The van der Waals surface area contributed by atoms with Crippen molar-refractivity contribution in [1.29, 1.82) is 0 Å². The van der Waals surface area contributed by atoms with E-state index in [0.29, 0.717) is 12.8 Å². The molecule has 2 aromatic rings. The summed E-state index contributed by atoms with van der Waals surface area (Å²) in [4.78, 5) is 33.0. The fourth-order valence-corrected chi connectivity index (χ4v) is 2.67. The zero-order valence-electron chi connectivity index (χ0n) is 12.7. The first-order valence-corrected chi connectivity index (χ1v) is 7.30. The number of H-pyrrole nitrogens is 1. The maximum absolute atomic E-state index is 11.7. The summed E-state index contributed by atoms with van der Waals surface area (Å²) in [5, 5.41) is 18.4. The summed E-state index contributed by atoms with van der Waals surface area (Å²) in [5.74, 6) is -1.34. The molecule has 7 N–H and O–H groups in total. The molecule has 1 saturated carbocycles. The number of carboxylic acid groups (broad SMARTS) is 1. The van der Waals surface area contributed by atoms with E-state index in [1.807, 2.05) is 0 Å². The van der Waals surface area contributed by atoms with Crippen molar-refractivity contribution in [3.63, 3.8) is 0 Å². The van der Waals surface area contributed by atoms with E-state index in [0.717, 1.165) is 0 Å². The summed E-state index contributed by atoms with van der Waals surface area (Å²) >= 11 is 0. The maximum atomic E-state index is 11.7. The lowest BCUT2D eigenvalue weighted by atomic mass is 10.1. The maximum Gasteiger partial charge on any atom is 0.323 e. The largest absolute Gasteiger partial charge is 0.480 e. The first-order chi connectivity index (χ1) is 11.3. The normalized spacial score (nSPS) is 24.2. The van der Waals surface area contributed by atoms with Gasteiger partial charge in [0.1, 0.15) is 12.3 Å². The molecule has 0 aliphatic heterocycles. The van der Waals surface area contributed by atoms with Gasteiger partial charge in [0.25, 0.3) is 5.56 Å². The number of fused-ring (bicyclic) bond motifs is 1. The number of carbonyl (C=O) groups is 1. The van der Waals surface area contributed by atoms with Gasteiger partial charge in [0.15, 0.2) is 11.2 Å². The van der Waals surface area contributed by atoms with Crippen molar-refractivity contribution in [2.45, 2.75) is 31.2 Å². The van der Waals surface area contributed by atoms with Crippen LogP contribution in [0.25, 0.3) is 11.2 Å². The van der Waals surface area contributed by atoms with Gasteiger partial charge in [0, 0.05) is 0 Å². The quantitative estimate of drug-likeness (QED) is 0.390. The fraction of sp³-hybridized carbons (Fsp3) is 0.538. The van der Waals surface area contributed by atoms with Crippen LogP contribution in [-0.4, -0.2) is 54.0 Å². The average molecular weight is 338 g/mol. The number of nitrogen functional groups attached to an aromatic ring is 1. The van der Waals surface area contributed by atoms with Crippen molar-refractivity contribution in [2.75, 3.05) is 12.3 Å². The Morgan fingerprint density at radius 1 is 1.62 bits per heavy atom. The minimum absolute atomic E-state index is 0.0189. The Balaban J connectivity index is 1.66. The van der Waals surface area contributed by atoms with Crippen LogP contribution >= 0.6 is 0 Å². The molecule has 2 aromatic heterocycles. The van der Waals surface area contributed by atoms with Crippen LogP contribution in [0.3, 0.4) is 0 Å². The monoisotopic (exact) mass is 338 g/mol. The highest BCUT2D eigenvalue weighted by Gasteiger charge is 2.57. The second kappa shape index (κ2) is 5.85. The highest BCUT2D eigenvalue weighted by molar-refractivity contribution is 5.82. The van der Waals surface area contributed by atoms with Crippen molar-refractivity contribution >= 4 is 23.1 Å². The number of anilines is 1. The van der Waals surface area contributed by atoms with E-state index in [-0.39, 0.29) is 36.4 Å². The van der Waals surface area contributed by atoms with E-state index in [1.165, 1.54) is 10.9 Å². The van der Waals surface area contributed by atoms with E-state index in [9.17, 15) is 14.7 Å². The zero-order chi connectivity index (χ0) is 17.5. The molecule has 1 fully saturated rings. The molecule has 0 aromatic carbocycles. The Kier molecular flexibility index (Phi) is 3.99. The van der Waals surface area contributed by atoms with Crippen molar-refractivity contribution in [1.82, 2.24) is 19.5 Å². The molecule has 3 atom stereocenters. The third kappa shape index (κ3) is 2.84. The summed E-state index contributed by atoms with van der Waals surface area (Å²) in [6.45, 7) is -0.302. The molecule has 0 spiro atoms. The number of nitrogens with zero attached hydrogens (tertiary/aromatic N) is 3. The number of nitrogens with one attached hydrogen (secondary N) is 1. The molecule has 24 heavy (non-hydrogen) atoms. The number of nitrogens with two attached hydrogens (primary N) is 2. The van der Waals surface area contributed by atoms with Gasteiger partial charge in [0.2, 0.25) is 5.95 Å². The van der Waals surface area contributed by atoms with Crippen LogP contribution in [0.15, 0.2) is 11.1 Å². The van der Waals surface area contributed by atoms with Crippen LogP contribution in [0.2, 0.25) is 0 Å². The SMILES string of the molecule is Nc1nc2c(ncn2COC(CO)CC2CC2(N)C(=O)O)c(=O)[nH]1. The topological polar surface area (TPSA) is 182 Å². The number of aromatic nitrogens is 4. The van der Waals surface area contributed by atoms with Crippen molar-refractivity contribution < 1.29 is 19.7 Å². The molecule has 0 bridgehead atoms. The lowest BCUT2D eigenvalue weighted by Crippen LogP contribution is -2.36. The molecule has 2 heterocycles. The number of imidazole rings is 1. The van der Waals surface area contributed by atoms with Gasteiger partial charge in [-0.25, -0.2) is 4.98 Å². The Bertz CT molecular complexity index is 832. The number of hydrogen-bond acceptors (Lipinski definition) is 8. The second-order valence-electron chi connectivity index (χ2n) is 5.92. The smallest absolute Gasteiger partial charge is 0.323 e. The van der Waals surface area contributed by atoms with Crippen LogP contribution < -0.4 is 17.0 Å². The predicted molar refractivity (Wildman–Crippen MR) is 81.8 cm³/mol. The fourth-order valence-electron chi connectivity index (χ4n) is 2.67. The van der Waals surface area contributed by atoms with E-state index < -0.39 is 23.2 Å². The molecular formula is C13H18N6O5. The number of hydrogen-bond donors (Lipinski definition) is 5. The van der Waals surface area contributed by atoms with Gasteiger partial charge in [-0.1, -0.05) is 0 Å². The Hall–Kier alpha value is -2.50. The van der Waals surface area contributed by atoms with E-state index in [1.54, 1.807) is 0 Å². The van der Waals surface area contributed by atoms with E-state index >= 15 is 0 Å². The van der Waals surface area contributed by atoms with Crippen LogP contribution in [0.5, 0.6) is 0 Å². The molecule has 0 radical (unpaired) electrons.